The molecule has 2 aromatic carbocycles. The van der Waals surface area contributed by atoms with Gasteiger partial charge in [0.25, 0.3) is 0 Å². The minimum atomic E-state index is 0.0130. The van der Waals surface area contributed by atoms with E-state index in [1.165, 1.54) is 0 Å². The van der Waals surface area contributed by atoms with Crippen LogP contribution in [0, 0.1) is 11.3 Å². The number of nitrogens with zero attached hydrogens (tertiary/aromatic N) is 1. The molecule has 1 amide bonds. The summed E-state index contributed by atoms with van der Waals surface area (Å²) in [5.41, 5.74) is 2.65. The maximum Gasteiger partial charge on any atom is 0.221 e. The van der Waals surface area contributed by atoms with E-state index in [4.69, 9.17) is 10.00 Å². The zero-order valence-electron chi connectivity index (χ0n) is 13.7. The third-order valence-corrected chi connectivity index (χ3v) is 3.57. The van der Waals surface area contributed by atoms with Crippen LogP contribution in [0.25, 0.3) is 0 Å². The van der Waals surface area contributed by atoms with Gasteiger partial charge in [-0.05, 0) is 48.4 Å². The van der Waals surface area contributed by atoms with Crippen LogP contribution in [0.1, 0.15) is 17.5 Å². The van der Waals surface area contributed by atoms with Crippen molar-refractivity contribution in [3.8, 4) is 11.8 Å². The fourth-order valence-corrected chi connectivity index (χ4v) is 2.25. The van der Waals surface area contributed by atoms with Crippen molar-refractivity contribution in [2.24, 2.45) is 0 Å². The minimum absolute atomic E-state index is 0.0130. The fourth-order valence-electron chi connectivity index (χ4n) is 2.25. The van der Waals surface area contributed by atoms with E-state index in [1.54, 1.807) is 19.2 Å². The molecule has 124 valence electrons. The maximum atomic E-state index is 11.8. The molecule has 5 nitrogen and oxygen atoms in total. The fraction of sp³-hybridized carbons (Fsp3) is 0.263. The quantitative estimate of drug-likeness (QED) is 0.783. The van der Waals surface area contributed by atoms with Gasteiger partial charge in [0.15, 0.2) is 0 Å². The molecule has 0 fully saturated rings. The maximum absolute atomic E-state index is 11.8. The average Bonchev–Trinajstić information content (AvgIpc) is 2.62. The zero-order chi connectivity index (χ0) is 17.2. The molecule has 0 aliphatic rings. The first-order chi connectivity index (χ1) is 11.7. The number of carbonyl (C=O) groups excluding carboxylic acids is 1. The minimum Gasteiger partial charge on any atom is -0.497 e. The molecule has 0 saturated carbocycles. The average molecular weight is 323 g/mol. The summed E-state index contributed by atoms with van der Waals surface area (Å²) in [6.07, 6.45) is 1.17. The van der Waals surface area contributed by atoms with Crippen molar-refractivity contribution < 1.29 is 9.53 Å². The van der Waals surface area contributed by atoms with E-state index < -0.39 is 0 Å². The Morgan fingerprint density at radius 3 is 2.67 bits per heavy atom. The molecule has 0 aliphatic carbocycles. The van der Waals surface area contributed by atoms with Crippen molar-refractivity contribution in [3.05, 3.63) is 59.7 Å². The molecule has 5 heteroatoms. The third-order valence-electron chi connectivity index (χ3n) is 3.57. The number of rotatable bonds is 8. The highest BCUT2D eigenvalue weighted by molar-refractivity contribution is 5.76. The summed E-state index contributed by atoms with van der Waals surface area (Å²) in [5.74, 6) is 0.837. The van der Waals surface area contributed by atoms with Gasteiger partial charge in [-0.1, -0.05) is 12.1 Å². The molecule has 0 unspecified atom stereocenters. The van der Waals surface area contributed by atoms with Gasteiger partial charge in [0.05, 0.1) is 18.7 Å². The first-order valence-corrected chi connectivity index (χ1v) is 7.85. The smallest absolute Gasteiger partial charge is 0.221 e. The van der Waals surface area contributed by atoms with E-state index in [0.717, 1.165) is 23.4 Å². The Morgan fingerprint density at radius 1 is 1.17 bits per heavy atom. The Bertz CT molecular complexity index is 705. The topological polar surface area (TPSA) is 74.2 Å². The van der Waals surface area contributed by atoms with E-state index in [-0.39, 0.29) is 5.91 Å². The number of hydrogen-bond acceptors (Lipinski definition) is 4. The summed E-state index contributed by atoms with van der Waals surface area (Å²) in [4.78, 5) is 11.8. The lowest BCUT2D eigenvalue weighted by Gasteiger charge is -2.08. The summed E-state index contributed by atoms with van der Waals surface area (Å²) < 4.78 is 5.18. The summed E-state index contributed by atoms with van der Waals surface area (Å²) in [6, 6.07) is 17.1. The summed E-state index contributed by atoms with van der Waals surface area (Å²) in [6.45, 7) is 1.15. The van der Waals surface area contributed by atoms with Crippen LogP contribution in [0.4, 0.5) is 5.69 Å². The van der Waals surface area contributed by atoms with Gasteiger partial charge >= 0.3 is 0 Å². The molecular weight excluding hydrogens is 302 g/mol. The molecule has 2 aromatic rings. The summed E-state index contributed by atoms with van der Waals surface area (Å²) >= 11 is 0. The lowest BCUT2D eigenvalue weighted by atomic mass is 10.1. The van der Waals surface area contributed by atoms with Crippen LogP contribution >= 0.6 is 0 Å². The predicted octanol–water partition coefficient (Wildman–Crippen LogP) is 2.73. The standard InChI is InChI=1S/C19H21N3O2/c1-24-18-4-2-3-15(13-18)9-11-22-19(23)10-12-21-17-7-5-16(14-20)6-8-17/h2-8,13,21H,9-12H2,1H3,(H,22,23). The molecule has 0 atom stereocenters. The Kier molecular flexibility index (Phi) is 6.66. The molecule has 0 bridgehead atoms. The van der Waals surface area contributed by atoms with Crippen molar-refractivity contribution >= 4 is 11.6 Å². The number of carbonyl (C=O) groups is 1. The number of hydrogen-bond donors (Lipinski definition) is 2. The Hall–Kier alpha value is -3.00. The van der Waals surface area contributed by atoms with Gasteiger partial charge in [0, 0.05) is 25.2 Å². The van der Waals surface area contributed by atoms with Crippen LogP contribution in [0.15, 0.2) is 48.5 Å². The predicted molar refractivity (Wildman–Crippen MR) is 94.0 cm³/mol. The number of nitriles is 1. The van der Waals surface area contributed by atoms with Crippen molar-refractivity contribution in [2.75, 3.05) is 25.5 Å². The van der Waals surface area contributed by atoms with Crippen LogP contribution in [0.2, 0.25) is 0 Å². The molecule has 0 heterocycles. The van der Waals surface area contributed by atoms with Crippen LogP contribution in [-0.2, 0) is 11.2 Å². The van der Waals surface area contributed by atoms with Crippen molar-refractivity contribution in [2.45, 2.75) is 12.8 Å². The van der Waals surface area contributed by atoms with Gasteiger partial charge in [0.1, 0.15) is 5.75 Å². The molecule has 0 aromatic heterocycles. The van der Waals surface area contributed by atoms with Gasteiger partial charge in [-0.2, -0.15) is 5.26 Å². The van der Waals surface area contributed by atoms with E-state index in [2.05, 4.69) is 16.7 Å². The highest BCUT2D eigenvalue weighted by Gasteiger charge is 2.02. The van der Waals surface area contributed by atoms with Crippen LogP contribution < -0.4 is 15.4 Å². The molecule has 0 spiro atoms. The molecule has 2 rings (SSSR count). The van der Waals surface area contributed by atoms with Crippen LogP contribution in [0.5, 0.6) is 5.75 Å². The van der Waals surface area contributed by atoms with Gasteiger partial charge in [-0.3, -0.25) is 4.79 Å². The molecule has 0 radical (unpaired) electrons. The van der Waals surface area contributed by atoms with E-state index in [1.807, 2.05) is 36.4 Å². The second kappa shape index (κ2) is 9.21. The van der Waals surface area contributed by atoms with Crippen molar-refractivity contribution in [1.29, 1.82) is 5.26 Å². The molecule has 2 N–H and O–H groups in total. The Morgan fingerprint density at radius 2 is 1.96 bits per heavy atom. The first-order valence-electron chi connectivity index (χ1n) is 7.85. The van der Waals surface area contributed by atoms with Crippen LogP contribution in [0.3, 0.4) is 0 Å². The van der Waals surface area contributed by atoms with E-state index in [0.29, 0.717) is 25.1 Å². The van der Waals surface area contributed by atoms with Gasteiger partial charge in [-0.15, -0.1) is 0 Å². The second-order valence-electron chi connectivity index (χ2n) is 5.32. The molecule has 24 heavy (non-hydrogen) atoms. The largest absolute Gasteiger partial charge is 0.497 e. The number of ether oxygens (including phenoxy) is 1. The Balaban J connectivity index is 1.65. The number of anilines is 1. The number of amides is 1. The van der Waals surface area contributed by atoms with Gasteiger partial charge in [-0.25, -0.2) is 0 Å². The Labute approximate surface area is 142 Å². The normalized spacial score (nSPS) is 9.83. The molecule has 0 aliphatic heterocycles. The van der Waals surface area contributed by atoms with Crippen molar-refractivity contribution in [3.63, 3.8) is 0 Å². The van der Waals surface area contributed by atoms with E-state index >= 15 is 0 Å². The van der Waals surface area contributed by atoms with E-state index in [9.17, 15) is 4.79 Å². The summed E-state index contributed by atoms with van der Waals surface area (Å²) in [7, 11) is 1.64. The zero-order valence-corrected chi connectivity index (χ0v) is 13.7. The first kappa shape index (κ1) is 17.4. The summed E-state index contributed by atoms with van der Waals surface area (Å²) in [5, 5.41) is 14.8. The number of methoxy groups -OCH3 is 1. The lowest BCUT2D eigenvalue weighted by Crippen LogP contribution is -2.27. The van der Waals surface area contributed by atoms with Gasteiger partial charge < -0.3 is 15.4 Å². The third kappa shape index (κ3) is 5.65. The highest BCUT2D eigenvalue weighted by Crippen LogP contribution is 2.12. The monoisotopic (exact) mass is 323 g/mol. The highest BCUT2D eigenvalue weighted by atomic mass is 16.5. The SMILES string of the molecule is COc1cccc(CCNC(=O)CCNc2ccc(C#N)cc2)c1. The molecule has 0 saturated heterocycles. The number of nitrogens with one attached hydrogen (secondary N) is 2. The van der Waals surface area contributed by atoms with Gasteiger partial charge in [0.2, 0.25) is 5.91 Å². The molecular formula is C19H21N3O2. The lowest BCUT2D eigenvalue weighted by molar-refractivity contribution is -0.120. The number of benzene rings is 2. The van der Waals surface area contributed by atoms with Crippen molar-refractivity contribution in [1.82, 2.24) is 5.32 Å². The van der Waals surface area contributed by atoms with Crippen LogP contribution in [-0.4, -0.2) is 26.1 Å². The second-order valence-corrected chi connectivity index (χ2v) is 5.32.